The van der Waals surface area contributed by atoms with E-state index in [9.17, 15) is 4.79 Å². The SMILES string of the molecule is O=C(NC[C@@H](c1cccs1)N1CCOCC1)[C@H]1CCCc2ccccc21. The first kappa shape index (κ1) is 17.7. The zero-order chi connectivity index (χ0) is 17.8. The Morgan fingerprint density at radius 1 is 1.23 bits per heavy atom. The molecule has 1 aromatic carbocycles. The number of nitrogens with zero attached hydrogens (tertiary/aromatic N) is 1. The fourth-order valence-electron chi connectivity index (χ4n) is 4.13. The van der Waals surface area contributed by atoms with E-state index < -0.39 is 0 Å². The number of rotatable bonds is 5. The molecule has 26 heavy (non-hydrogen) atoms. The quantitative estimate of drug-likeness (QED) is 0.877. The number of benzene rings is 1. The molecule has 138 valence electrons. The lowest BCUT2D eigenvalue weighted by atomic mass is 9.82. The lowest BCUT2D eigenvalue weighted by Crippen LogP contribution is -2.44. The summed E-state index contributed by atoms with van der Waals surface area (Å²) < 4.78 is 5.50. The van der Waals surface area contributed by atoms with Crippen LogP contribution in [0.2, 0.25) is 0 Å². The van der Waals surface area contributed by atoms with E-state index >= 15 is 0 Å². The van der Waals surface area contributed by atoms with Gasteiger partial charge in [0.2, 0.25) is 5.91 Å². The van der Waals surface area contributed by atoms with Crippen LogP contribution >= 0.6 is 11.3 Å². The summed E-state index contributed by atoms with van der Waals surface area (Å²) in [5.74, 6) is 0.167. The van der Waals surface area contributed by atoms with Crippen molar-refractivity contribution in [2.24, 2.45) is 0 Å². The Hall–Kier alpha value is -1.69. The van der Waals surface area contributed by atoms with Crippen LogP contribution in [0.5, 0.6) is 0 Å². The summed E-state index contributed by atoms with van der Waals surface area (Å²) in [6, 6.07) is 12.9. The highest BCUT2D eigenvalue weighted by molar-refractivity contribution is 7.10. The van der Waals surface area contributed by atoms with E-state index in [2.05, 4.69) is 45.9 Å². The van der Waals surface area contributed by atoms with Crippen molar-refractivity contribution in [3.8, 4) is 0 Å². The van der Waals surface area contributed by atoms with Gasteiger partial charge in [-0.2, -0.15) is 0 Å². The number of hydrogen-bond donors (Lipinski definition) is 1. The molecule has 5 heteroatoms. The number of nitrogens with one attached hydrogen (secondary N) is 1. The highest BCUT2D eigenvalue weighted by Crippen LogP contribution is 2.32. The van der Waals surface area contributed by atoms with Crippen LogP contribution < -0.4 is 5.32 Å². The third kappa shape index (κ3) is 3.85. The van der Waals surface area contributed by atoms with Crippen LogP contribution in [0.15, 0.2) is 41.8 Å². The maximum atomic E-state index is 13.0. The van der Waals surface area contributed by atoms with Gasteiger partial charge in [-0.3, -0.25) is 9.69 Å². The van der Waals surface area contributed by atoms with Crippen molar-refractivity contribution in [3.05, 3.63) is 57.8 Å². The normalized spacial score (nSPS) is 21.8. The Kier molecular flexibility index (Phi) is 5.68. The standard InChI is InChI=1S/C21H26N2O2S/c24-21(18-8-3-6-16-5-1-2-7-17(16)18)22-15-19(20-9-4-14-26-20)23-10-12-25-13-11-23/h1-2,4-5,7,9,14,18-19H,3,6,8,10-13,15H2,(H,22,24)/t18-,19-/m0/s1. The van der Waals surface area contributed by atoms with Gasteiger partial charge in [-0.1, -0.05) is 30.3 Å². The van der Waals surface area contributed by atoms with Crippen LogP contribution in [0.4, 0.5) is 0 Å². The summed E-state index contributed by atoms with van der Waals surface area (Å²) in [6.07, 6.45) is 3.13. The number of amides is 1. The van der Waals surface area contributed by atoms with Crippen molar-refractivity contribution in [2.75, 3.05) is 32.8 Å². The van der Waals surface area contributed by atoms with E-state index in [0.717, 1.165) is 45.6 Å². The molecule has 1 fully saturated rings. The zero-order valence-electron chi connectivity index (χ0n) is 15.0. The number of hydrogen-bond acceptors (Lipinski definition) is 4. The lowest BCUT2D eigenvalue weighted by Gasteiger charge is -2.34. The molecule has 0 radical (unpaired) electrons. The third-order valence-corrected chi connectivity index (χ3v) is 6.49. The minimum Gasteiger partial charge on any atom is -0.379 e. The molecule has 1 aliphatic carbocycles. The Labute approximate surface area is 159 Å². The van der Waals surface area contributed by atoms with Gasteiger partial charge in [0, 0.05) is 24.5 Å². The van der Waals surface area contributed by atoms with Gasteiger partial charge < -0.3 is 10.1 Å². The monoisotopic (exact) mass is 370 g/mol. The molecule has 0 saturated carbocycles. The molecule has 0 unspecified atom stereocenters. The third-order valence-electron chi connectivity index (χ3n) is 5.51. The summed E-state index contributed by atoms with van der Waals surface area (Å²) in [5, 5.41) is 5.38. The van der Waals surface area contributed by atoms with E-state index in [1.807, 2.05) is 6.07 Å². The molecule has 2 heterocycles. The predicted molar refractivity (Wildman–Crippen MR) is 105 cm³/mol. The second kappa shape index (κ2) is 8.33. The Morgan fingerprint density at radius 2 is 2.08 bits per heavy atom. The van der Waals surface area contributed by atoms with Crippen LogP contribution in [0, 0.1) is 0 Å². The molecule has 0 bridgehead atoms. The molecule has 2 aliphatic rings. The number of fused-ring (bicyclic) bond motifs is 1. The summed E-state index contributed by atoms with van der Waals surface area (Å²) in [4.78, 5) is 16.7. The summed E-state index contributed by atoms with van der Waals surface area (Å²) in [5.41, 5.74) is 2.55. The van der Waals surface area contributed by atoms with E-state index in [0.29, 0.717) is 6.54 Å². The lowest BCUT2D eigenvalue weighted by molar-refractivity contribution is -0.123. The number of morpholine rings is 1. The molecule has 2 aromatic rings. The van der Waals surface area contributed by atoms with Gasteiger partial charge in [0.1, 0.15) is 0 Å². The largest absolute Gasteiger partial charge is 0.379 e. The summed E-state index contributed by atoms with van der Waals surface area (Å²) >= 11 is 1.77. The first-order valence-corrected chi connectivity index (χ1v) is 10.4. The van der Waals surface area contributed by atoms with Crippen LogP contribution in [0.25, 0.3) is 0 Å². The molecule has 4 nitrogen and oxygen atoms in total. The van der Waals surface area contributed by atoms with Gasteiger partial charge in [-0.25, -0.2) is 0 Å². The first-order chi connectivity index (χ1) is 12.8. The zero-order valence-corrected chi connectivity index (χ0v) is 15.8. The van der Waals surface area contributed by atoms with Crippen LogP contribution in [0.3, 0.4) is 0 Å². The fourth-order valence-corrected chi connectivity index (χ4v) is 4.99. The van der Waals surface area contributed by atoms with Crippen molar-refractivity contribution in [2.45, 2.75) is 31.2 Å². The van der Waals surface area contributed by atoms with Crippen LogP contribution in [0.1, 0.15) is 40.8 Å². The summed E-state index contributed by atoms with van der Waals surface area (Å²) in [7, 11) is 0. The van der Waals surface area contributed by atoms with E-state index in [1.54, 1.807) is 11.3 Å². The van der Waals surface area contributed by atoms with Gasteiger partial charge in [0.15, 0.2) is 0 Å². The van der Waals surface area contributed by atoms with E-state index in [1.165, 1.54) is 16.0 Å². The smallest absolute Gasteiger partial charge is 0.227 e. The van der Waals surface area contributed by atoms with Crippen LogP contribution in [-0.2, 0) is 16.0 Å². The topological polar surface area (TPSA) is 41.6 Å². The summed E-state index contributed by atoms with van der Waals surface area (Å²) in [6.45, 7) is 4.05. The number of carbonyl (C=O) groups is 1. The van der Waals surface area contributed by atoms with E-state index in [-0.39, 0.29) is 17.9 Å². The van der Waals surface area contributed by atoms with Crippen molar-refractivity contribution in [1.82, 2.24) is 10.2 Å². The highest BCUT2D eigenvalue weighted by Gasteiger charge is 2.28. The van der Waals surface area contributed by atoms with Crippen LogP contribution in [-0.4, -0.2) is 43.7 Å². The average molecular weight is 371 g/mol. The van der Waals surface area contributed by atoms with Crippen molar-refractivity contribution in [3.63, 3.8) is 0 Å². The van der Waals surface area contributed by atoms with Gasteiger partial charge >= 0.3 is 0 Å². The number of carbonyl (C=O) groups excluding carboxylic acids is 1. The highest BCUT2D eigenvalue weighted by atomic mass is 32.1. The Bertz CT molecular complexity index is 725. The molecule has 0 spiro atoms. The average Bonchev–Trinajstić information content (AvgIpc) is 3.23. The Morgan fingerprint density at radius 3 is 2.88 bits per heavy atom. The molecule has 1 aromatic heterocycles. The molecule has 1 N–H and O–H groups in total. The molecular weight excluding hydrogens is 344 g/mol. The molecule has 1 saturated heterocycles. The molecular formula is C21H26N2O2S. The fraction of sp³-hybridized carbons (Fsp3) is 0.476. The molecule has 2 atom stereocenters. The molecule has 1 aliphatic heterocycles. The maximum Gasteiger partial charge on any atom is 0.227 e. The Balaban J connectivity index is 1.45. The van der Waals surface area contributed by atoms with Gasteiger partial charge in [-0.05, 0) is 41.8 Å². The van der Waals surface area contributed by atoms with Crippen molar-refractivity contribution < 1.29 is 9.53 Å². The first-order valence-electron chi connectivity index (χ1n) is 9.53. The second-order valence-electron chi connectivity index (χ2n) is 7.07. The maximum absolute atomic E-state index is 13.0. The van der Waals surface area contributed by atoms with Crippen molar-refractivity contribution >= 4 is 17.2 Å². The van der Waals surface area contributed by atoms with Gasteiger partial charge in [0.25, 0.3) is 0 Å². The number of aryl methyl sites for hydroxylation is 1. The number of ether oxygens (including phenoxy) is 1. The molecule has 1 amide bonds. The van der Waals surface area contributed by atoms with E-state index in [4.69, 9.17) is 4.74 Å². The minimum atomic E-state index is -0.00590. The predicted octanol–water partition coefficient (Wildman–Crippen LogP) is 3.36. The second-order valence-corrected chi connectivity index (χ2v) is 8.05. The van der Waals surface area contributed by atoms with Gasteiger partial charge in [-0.15, -0.1) is 11.3 Å². The van der Waals surface area contributed by atoms with Crippen molar-refractivity contribution in [1.29, 1.82) is 0 Å². The number of thiophene rings is 1. The minimum absolute atomic E-state index is 0.00590. The van der Waals surface area contributed by atoms with Gasteiger partial charge in [0.05, 0.1) is 25.2 Å². The molecule has 4 rings (SSSR count).